The Labute approximate surface area is 85.6 Å². The summed E-state index contributed by atoms with van der Waals surface area (Å²) in [6.45, 7) is 3.51. The van der Waals surface area contributed by atoms with Crippen molar-refractivity contribution in [1.29, 1.82) is 0 Å². The fourth-order valence-electron chi connectivity index (χ4n) is 1.02. The van der Waals surface area contributed by atoms with E-state index >= 15 is 0 Å². The lowest BCUT2D eigenvalue weighted by Crippen LogP contribution is -1.98. The van der Waals surface area contributed by atoms with Crippen LogP contribution in [0.2, 0.25) is 0 Å². The lowest BCUT2D eigenvalue weighted by atomic mass is 10.1. The lowest BCUT2D eigenvalue weighted by molar-refractivity contribution is 0.0996. The molecule has 0 unspecified atom stereocenters. The maximum Gasteiger partial charge on any atom is 0.166 e. The summed E-state index contributed by atoms with van der Waals surface area (Å²) < 4.78 is 0.819. The average molecular weight is 240 g/mol. The maximum atomic E-state index is 11.4. The van der Waals surface area contributed by atoms with Crippen LogP contribution < -0.4 is 5.73 Å². The van der Waals surface area contributed by atoms with Crippen LogP contribution in [-0.4, -0.2) is 5.78 Å². The minimum absolute atomic E-state index is 0.0306. The highest BCUT2D eigenvalue weighted by molar-refractivity contribution is 9.10. The van der Waals surface area contributed by atoms with E-state index in [1.165, 1.54) is 0 Å². The number of allylic oxidation sites excluding steroid dienone is 1. The standard InChI is InChI=1S/C10H10BrNO/c1-2-3-10(13)7-4-8(11)6-9(12)5-7/h2,4-6H,1,3,12H2. The van der Waals surface area contributed by atoms with Gasteiger partial charge in [0.25, 0.3) is 0 Å². The van der Waals surface area contributed by atoms with E-state index in [-0.39, 0.29) is 5.78 Å². The molecule has 0 saturated carbocycles. The number of benzene rings is 1. The van der Waals surface area contributed by atoms with Crippen molar-refractivity contribution in [1.82, 2.24) is 0 Å². The number of rotatable bonds is 3. The molecule has 0 radical (unpaired) electrons. The number of halogens is 1. The fraction of sp³-hybridized carbons (Fsp3) is 0.100. The van der Waals surface area contributed by atoms with Crippen molar-refractivity contribution in [2.45, 2.75) is 6.42 Å². The van der Waals surface area contributed by atoms with Gasteiger partial charge in [-0.15, -0.1) is 6.58 Å². The third-order valence-corrected chi connectivity index (χ3v) is 2.03. The number of nitrogens with two attached hydrogens (primary N) is 1. The molecule has 1 rings (SSSR count). The zero-order valence-electron chi connectivity index (χ0n) is 7.09. The second kappa shape index (κ2) is 4.23. The molecule has 68 valence electrons. The van der Waals surface area contributed by atoms with E-state index in [0.717, 1.165) is 4.47 Å². The SMILES string of the molecule is C=CCC(=O)c1cc(N)cc(Br)c1. The molecule has 1 aromatic carbocycles. The van der Waals surface area contributed by atoms with E-state index < -0.39 is 0 Å². The smallest absolute Gasteiger partial charge is 0.166 e. The average Bonchev–Trinajstić information content (AvgIpc) is 2.03. The van der Waals surface area contributed by atoms with Crippen molar-refractivity contribution >= 4 is 27.4 Å². The molecule has 0 heterocycles. The molecule has 1 aromatic rings. The van der Waals surface area contributed by atoms with Gasteiger partial charge in [-0.3, -0.25) is 4.79 Å². The Balaban J connectivity index is 3.00. The van der Waals surface area contributed by atoms with Gasteiger partial charge in [0.15, 0.2) is 5.78 Å². The third kappa shape index (κ3) is 2.70. The summed E-state index contributed by atoms with van der Waals surface area (Å²) in [5, 5.41) is 0. The van der Waals surface area contributed by atoms with Gasteiger partial charge in [-0.05, 0) is 18.2 Å². The maximum absolute atomic E-state index is 11.4. The summed E-state index contributed by atoms with van der Waals surface area (Å²) in [4.78, 5) is 11.4. The molecule has 0 saturated heterocycles. The van der Waals surface area contributed by atoms with Crippen LogP contribution in [0.3, 0.4) is 0 Å². The van der Waals surface area contributed by atoms with Gasteiger partial charge in [0.2, 0.25) is 0 Å². The summed E-state index contributed by atoms with van der Waals surface area (Å²) in [5.41, 5.74) is 6.79. The summed E-state index contributed by atoms with van der Waals surface area (Å²) >= 11 is 3.27. The van der Waals surface area contributed by atoms with Gasteiger partial charge in [-0.2, -0.15) is 0 Å². The fourth-order valence-corrected chi connectivity index (χ4v) is 1.53. The zero-order valence-corrected chi connectivity index (χ0v) is 8.67. The minimum Gasteiger partial charge on any atom is -0.399 e. The molecule has 0 atom stereocenters. The monoisotopic (exact) mass is 239 g/mol. The van der Waals surface area contributed by atoms with E-state index in [9.17, 15) is 4.79 Å². The summed E-state index contributed by atoms with van der Waals surface area (Å²) in [6, 6.07) is 5.17. The van der Waals surface area contributed by atoms with Gasteiger partial charge in [-0.1, -0.05) is 22.0 Å². The molecular weight excluding hydrogens is 230 g/mol. The number of ketones is 1. The van der Waals surface area contributed by atoms with Crippen LogP contribution in [0.5, 0.6) is 0 Å². The number of nitrogen functional groups attached to an aromatic ring is 1. The number of Topliss-reactive ketones (excluding diaryl/α,β-unsaturated/α-hetero) is 1. The van der Waals surface area contributed by atoms with Gasteiger partial charge < -0.3 is 5.73 Å². The largest absolute Gasteiger partial charge is 0.399 e. The number of carbonyl (C=O) groups excluding carboxylic acids is 1. The van der Waals surface area contributed by atoms with E-state index in [0.29, 0.717) is 17.7 Å². The van der Waals surface area contributed by atoms with E-state index in [1.807, 2.05) is 0 Å². The molecule has 2 nitrogen and oxygen atoms in total. The molecular formula is C10H10BrNO. The second-order valence-corrected chi connectivity index (χ2v) is 3.60. The Bertz CT molecular complexity index is 327. The Morgan fingerprint density at radius 3 is 2.77 bits per heavy atom. The summed E-state index contributed by atoms with van der Waals surface area (Å²) in [7, 11) is 0. The molecule has 0 fully saturated rings. The molecule has 0 aliphatic heterocycles. The Morgan fingerprint density at radius 1 is 1.54 bits per heavy atom. The van der Waals surface area contributed by atoms with Gasteiger partial charge in [0.1, 0.15) is 0 Å². The zero-order chi connectivity index (χ0) is 9.84. The third-order valence-electron chi connectivity index (χ3n) is 1.57. The molecule has 0 amide bonds. The van der Waals surface area contributed by atoms with Gasteiger partial charge in [-0.25, -0.2) is 0 Å². The summed E-state index contributed by atoms with van der Waals surface area (Å²) in [6.07, 6.45) is 1.93. The Hall–Kier alpha value is -1.09. The summed E-state index contributed by atoms with van der Waals surface area (Å²) in [5.74, 6) is 0.0306. The first-order valence-corrected chi connectivity index (χ1v) is 4.63. The predicted octanol–water partition coefficient (Wildman–Crippen LogP) is 2.79. The Morgan fingerprint density at radius 2 is 2.23 bits per heavy atom. The van der Waals surface area contributed by atoms with Crippen LogP contribution in [0.1, 0.15) is 16.8 Å². The second-order valence-electron chi connectivity index (χ2n) is 2.69. The van der Waals surface area contributed by atoms with Crippen molar-refractivity contribution in [3.63, 3.8) is 0 Å². The predicted molar refractivity (Wildman–Crippen MR) is 57.7 cm³/mol. The molecule has 3 heteroatoms. The van der Waals surface area contributed by atoms with Crippen molar-refractivity contribution in [3.8, 4) is 0 Å². The van der Waals surface area contributed by atoms with Crippen LogP contribution >= 0.6 is 15.9 Å². The van der Waals surface area contributed by atoms with E-state index in [2.05, 4.69) is 22.5 Å². The highest BCUT2D eigenvalue weighted by Gasteiger charge is 2.04. The number of hydrogen-bond donors (Lipinski definition) is 1. The number of carbonyl (C=O) groups is 1. The number of anilines is 1. The van der Waals surface area contributed by atoms with Crippen molar-refractivity contribution in [2.24, 2.45) is 0 Å². The molecule has 2 N–H and O–H groups in total. The molecule has 0 spiro atoms. The van der Waals surface area contributed by atoms with Crippen LogP contribution in [0.25, 0.3) is 0 Å². The van der Waals surface area contributed by atoms with Gasteiger partial charge >= 0.3 is 0 Å². The first-order valence-electron chi connectivity index (χ1n) is 3.83. The van der Waals surface area contributed by atoms with Gasteiger partial charge in [0.05, 0.1) is 0 Å². The van der Waals surface area contributed by atoms with Gasteiger partial charge in [0, 0.05) is 22.1 Å². The topological polar surface area (TPSA) is 43.1 Å². The first-order chi connectivity index (χ1) is 6.13. The minimum atomic E-state index is 0.0306. The van der Waals surface area contributed by atoms with Crippen LogP contribution in [0, 0.1) is 0 Å². The molecule has 0 aliphatic carbocycles. The van der Waals surface area contributed by atoms with E-state index in [1.54, 1.807) is 24.3 Å². The Kier molecular flexibility index (Phi) is 3.25. The van der Waals surface area contributed by atoms with Crippen LogP contribution in [0.4, 0.5) is 5.69 Å². The molecule has 0 aliphatic rings. The van der Waals surface area contributed by atoms with Crippen molar-refractivity contribution in [3.05, 3.63) is 40.9 Å². The quantitative estimate of drug-likeness (QED) is 0.501. The lowest BCUT2D eigenvalue weighted by Gasteiger charge is -2.00. The van der Waals surface area contributed by atoms with Crippen LogP contribution in [0.15, 0.2) is 35.3 Å². The van der Waals surface area contributed by atoms with E-state index in [4.69, 9.17) is 5.73 Å². The first kappa shape index (κ1) is 9.99. The molecule has 0 bridgehead atoms. The molecule has 13 heavy (non-hydrogen) atoms. The normalized spacial score (nSPS) is 9.62. The van der Waals surface area contributed by atoms with Crippen LogP contribution in [-0.2, 0) is 0 Å². The number of hydrogen-bond acceptors (Lipinski definition) is 2. The van der Waals surface area contributed by atoms with Crippen molar-refractivity contribution < 1.29 is 4.79 Å². The van der Waals surface area contributed by atoms with Crippen molar-refractivity contribution in [2.75, 3.05) is 5.73 Å². The highest BCUT2D eigenvalue weighted by atomic mass is 79.9. The highest BCUT2D eigenvalue weighted by Crippen LogP contribution is 2.18. The molecule has 0 aromatic heterocycles.